The predicted molar refractivity (Wildman–Crippen MR) is 84.9 cm³/mol. The van der Waals surface area contributed by atoms with Gasteiger partial charge in [-0.1, -0.05) is 37.3 Å². The van der Waals surface area contributed by atoms with Gasteiger partial charge in [-0.05, 0) is 56.7 Å². The molecule has 1 aromatic rings. The van der Waals surface area contributed by atoms with Crippen molar-refractivity contribution in [3.63, 3.8) is 0 Å². The highest BCUT2D eigenvalue weighted by atomic mass is 15.2. The molecule has 0 aromatic heterocycles. The van der Waals surface area contributed by atoms with E-state index in [0.29, 0.717) is 6.04 Å². The zero-order chi connectivity index (χ0) is 13.8. The van der Waals surface area contributed by atoms with Crippen LogP contribution in [0.3, 0.4) is 0 Å². The molecule has 2 nitrogen and oxygen atoms in total. The van der Waals surface area contributed by atoms with E-state index in [2.05, 4.69) is 47.5 Å². The first-order valence-electron chi connectivity index (χ1n) is 8.32. The van der Waals surface area contributed by atoms with Gasteiger partial charge in [0.25, 0.3) is 0 Å². The van der Waals surface area contributed by atoms with Crippen LogP contribution in [-0.2, 0) is 6.42 Å². The average molecular weight is 272 g/mol. The van der Waals surface area contributed by atoms with Crippen LogP contribution >= 0.6 is 0 Å². The Labute approximate surface area is 123 Å². The summed E-state index contributed by atoms with van der Waals surface area (Å²) in [6.45, 7) is 6.11. The molecule has 3 unspecified atom stereocenters. The van der Waals surface area contributed by atoms with Crippen LogP contribution in [0, 0.1) is 5.92 Å². The Morgan fingerprint density at radius 3 is 2.80 bits per heavy atom. The fourth-order valence-corrected chi connectivity index (χ4v) is 3.90. The van der Waals surface area contributed by atoms with Crippen LogP contribution in [0.2, 0.25) is 0 Å². The number of rotatable bonds is 3. The van der Waals surface area contributed by atoms with Crippen LogP contribution in [0.5, 0.6) is 0 Å². The van der Waals surface area contributed by atoms with Gasteiger partial charge in [-0.15, -0.1) is 0 Å². The zero-order valence-corrected chi connectivity index (χ0v) is 12.7. The van der Waals surface area contributed by atoms with E-state index < -0.39 is 0 Å². The molecule has 1 N–H and O–H groups in total. The summed E-state index contributed by atoms with van der Waals surface area (Å²) < 4.78 is 0. The maximum Gasteiger partial charge on any atom is 0.0235 e. The molecule has 1 saturated carbocycles. The third-order valence-electron chi connectivity index (χ3n) is 5.02. The van der Waals surface area contributed by atoms with Crippen LogP contribution in [0.4, 0.5) is 0 Å². The van der Waals surface area contributed by atoms with Crippen molar-refractivity contribution >= 4 is 0 Å². The molecule has 2 heteroatoms. The molecule has 0 spiro atoms. The topological polar surface area (TPSA) is 15.3 Å². The van der Waals surface area contributed by atoms with Crippen LogP contribution in [0.1, 0.15) is 38.2 Å². The second kappa shape index (κ2) is 6.73. The summed E-state index contributed by atoms with van der Waals surface area (Å²) in [7, 11) is 0. The smallest absolute Gasteiger partial charge is 0.0235 e. The summed E-state index contributed by atoms with van der Waals surface area (Å²) in [6.07, 6.45) is 6.73. The van der Waals surface area contributed by atoms with Crippen molar-refractivity contribution < 1.29 is 0 Å². The van der Waals surface area contributed by atoms with E-state index in [9.17, 15) is 0 Å². The van der Waals surface area contributed by atoms with E-state index in [1.165, 1.54) is 57.3 Å². The second-order valence-electron chi connectivity index (χ2n) is 6.76. The Hall–Kier alpha value is -0.860. The van der Waals surface area contributed by atoms with E-state index >= 15 is 0 Å². The molecule has 1 aliphatic heterocycles. The lowest BCUT2D eigenvalue weighted by Gasteiger charge is -2.30. The molecule has 110 valence electrons. The zero-order valence-electron chi connectivity index (χ0n) is 12.7. The molecule has 0 bridgehead atoms. The third kappa shape index (κ3) is 3.62. The molecule has 0 amide bonds. The largest absolute Gasteiger partial charge is 0.312 e. The van der Waals surface area contributed by atoms with Crippen molar-refractivity contribution in [3.8, 4) is 0 Å². The first-order chi connectivity index (χ1) is 9.81. The maximum absolute atomic E-state index is 3.75. The Morgan fingerprint density at radius 2 is 2.05 bits per heavy atom. The van der Waals surface area contributed by atoms with Crippen LogP contribution < -0.4 is 5.32 Å². The maximum atomic E-state index is 3.75. The highest BCUT2D eigenvalue weighted by molar-refractivity contribution is 5.16. The molecule has 20 heavy (non-hydrogen) atoms. The summed E-state index contributed by atoms with van der Waals surface area (Å²) in [5, 5.41) is 3.75. The minimum absolute atomic E-state index is 0.621. The van der Waals surface area contributed by atoms with Gasteiger partial charge in [0, 0.05) is 18.6 Å². The number of hydrogen-bond donors (Lipinski definition) is 1. The summed E-state index contributed by atoms with van der Waals surface area (Å²) in [4.78, 5) is 2.77. The van der Waals surface area contributed by atoms with Gasteiger partial charge in [-0.3, -0.25) is 4.90 Å². The lowest BCUT2D eigenvalue weighted by atomic mass is 10.0. The van der Waals surface area contributed by atoms with Crippen molar-refractivity contribution in [1.29, 1.82) is 0 Å². The van der Waals surface area contributed by atoms with Crippen LogP contribution in [0.25, 0.3) is 0 Å². The fourth-order valence-electron chi connectivity index (χ4n) is 3.90. The Bertz CT molecular complexity index is 403. The molecule has 1 aliphatic carbocycles. The molecule has 1 heterocycles. The van der Waals surface area contributed by atoms with Crippen molar-refractivity contribution in [2.24, 2.45) is 5.92 Å². The van der Waals surface area contributed by atoms with Gasteiger partial charge >= 0.3 is 0 Å². The Kier molecular flexibility index (Phi) is 4.74. The average Bonchev–Trinajstić information content (AvgIpc) is 2.76. The number of benzene rings is 1. The van der Waals surface area contributed by atoms with E-state index in [1.54, 1.807) is 0 Å². The van der Waals surface area contributed by atoms with Gasteiger partial charge in [0.2, 0.25) is 0 Å². The minimum atomic E-state index is 0.621. The SMILES string of the molecule is CC1CCC(N2CCCNC(Cc3ccccc3)C2)C1. The van der Waals surface area contributed by atoms with Crippen molar-refractivity contribution in [1.82, 2.24) is 10.2 Å². The van der Waals surface area contributed by atoms with Gasteiger partial charge in [0.05, 0.1) is 0 Å². The van der Waals surface area contributed by atoms with Crippen molar-refractivity contribution in [2.45, 2.75) is 51.1 Å². The highest BCUT2D eigenvalue weighted by Crippen LogP contribution is 2.29. The van der Waals surface area contributed by atoms with E-state index in [1.807, 2.05) is 0 Å². The molecule has 2 fully saturated rings. The lowest BCUT2D eigenvalue weighted by molar-refractivity contribution is 0.191. The minimum Gasteiger partial charge on any atom is -0.312 e. The van der Waals surface area contributed by atoms with Crippen molar-refractivity contribution in [3.05, 3.63) is 35.9 Å². The monoisotopic (exact) mass is 272 g/mol. The fraction of sp³-hybridized carbons (Fsp3) is 0.667. The quantitative estimate of drug-likeness (QED) is 0.909. The van der Waals surface area contributed by atoms with E-state index in [-0.39, 0.29) is 0 Å². The molecular formula is C18H28N2. The summed E-state index contributed by atoms with van der Waals surface area (Å²) in [5.41, 5.74) is 1.46. The molecular weight excluding hydrogens is 244 g/mol. The Morgan fingerprint density at radius 1 is 1.20 bits per heavy atom. The molecule has 2 aliphatic rings. The van der Waals surface area contributed by atoms with Gasteiger partial charge in [-0.2, -0.15) is 0 Å². The van der Waals surface area contributed by atoms with Crippen LogP contribution in [-0.4, -0.2) is 36.6 Å². The van der Waals surface area contributed by atoms with Crippen molar-refractivity contribution in [2.75, 3.05) is 19.6 Å². The molecule has 1 aromatic carbocycles. The first-order valence-corrected chi connectivity index (χ1v) is 8.32. The van der Waals surface area contributed by atoms with Gasteiger partial charge in [0.15, 0.2) is 0 Å². The molecule has 3 atom stereocenters. The van der Waals surface area contributed by atoms with Gasteiger partial charge in [-0.25, -0.2) is 0 Å². The normalized spacial score (nSPS) is 32.1. The number of nitrogens with zero attached hydrogens (tertiary/aromatic N) is 1. The van der Waals surface area contributed by atoms with E-state index in [4.69, 9.17) is 0 Å². The predicted octanol–water partition coefficient (Wildman–Crippen LogP) is 3.08. The second-order valence-corrected chi connectivity index (χ2v) is 6.76. The number of nitrogens with one attached hydrogen (secondary N) is 1. The molecule has 1 saturated heterocycles. The molecule has 0 radical (unpaired) electrons. The number of hydrogen-bond acceptors (Lipinski definition) is 2. The van der Waals surface area contributed by atoms with Crippen LogP contribution in [0.15, 0.2) is 30.3 Å². The molecule has 3 rings (SSSR count). The lowest BCUT2D eigenvalue weighted by Crippen LogP contribution is -2.43. The van der Waals surface area contributed by atoms with E-state index in [0.717, 1.165) is 12.0 Å². The summed E-state index contributed by atoms with van der Waals surface area (Å²) in [6, 6.07) is 12.4. The third-order valence-corrected chi connectivity index (χ3v) is 5.02. The first kappa shape index (κ1) is 14.1. The van der Waals surface area contributed by atoms with Gasteiger partial charge < -0.3 is 5.32 Å². The Balaban J connectivity index is 1.60. The van der Waals surface area contributed by atoms with Gasteiger partial charge in [0.1, 0.15) is 0 Å². The summed E-state index contributed by atoms with van der Waals surface area (Å²) >= 11 is 0. The highest BCUT2D eigenvalue weighted by Gasteiger charge is 2.29. The summed E-state index contributed by atoms with van der Waals surface area (Å²) in [5.74, 6) is 0.934. The standard InChI is InChI=1S/C18H28N2/c1-15-8-9-18(12-15)20-11-5-10-19-17(14-20)13-16-6-3-2-4-7-16/h2-4,6-7,15,17-19H,5,8-14H2,1H3.